The van der Waals surface area contributed by atoms with Gasteiger partial charge in [0, 0.05) is 49.6 Å². The van der Waals surface area contributed by atoms with Crippen molar-refractivity contribution in [1.82, 2.24) is 39.2 Å². The molecule has 5 heterocycles. The molecule has 0 amide bonds. The fourth-order valence-corrected chi connectivity index (χ4v) is 5.39. The number of aromatic amines is 1. The van der Waals surface area contributed by atoms with Gasteiger partial charge in [-0.3, -0.25) is 9.69 Å². The molecule has 7 rings (SSSR count). The van der Waals surface area contributed by atoms with E-state index in [2.05, 4.69) is 32.0 Å². The minimum absolute atomic E-state index is 0.197. The Hall–Kier alpha value is -4.18. The molecule has 192 valence electrons. The van der Waals surface area contributed by atoms with E-state index in [1.807, 2.05) is 25.2 Å². The number of benzene rings is 1. The summed E-state index contributed by atoms with van der Waals surface area (Å²) in [5.74, 6) is 1.75. The Morgan fingerprint density at radius 2 is 1.92 bits per heavy atom. The predicted molar refractivity (Wildman–Crippen MR) is 141 cm³/mol. The van der Waals surface area contributed by atoms with Gasteiger partial charge in [-0.25, -0.2) is 18.9 Å². The highest BCUT2D eigenvalue weighted by Crippen LogP contribution is 2.41. The Bertz CT molecular complexity index is 1740. The maximum atomic E-state index is 14.3. The van der Waals surface area contributed by atoms with Crippen LogP contribution in [0.25, 0.3) is 39.4 Å². The molecule has 0 atom stereocenters. The molecule has 1 N–H and O–H groups in total. The zero-order valence-corrected chi connectivity index (χ0v) is 21.2. The average molecular weight is 511 g/mol. The highest BCUT2D eigenvalue weighted by molar-refractivity contribution is 5.82. The third-order valence-corrected chi connectivity index (χ3v) is 7.45. The number of H-pyrrole nitrogens is 1. The van der Waals surface area contributed by atoms with Crippen molar-refractivity contribution < 1.29 is 4.39 Å². The fraction of sp³-hybridized carbons (Fsp3) is 0.321. The summed E-state index contributed by atoms with van der Waals surface area (Å²) < 4.78 is 17.6. The third-order valence-electron chi connectivity index (χ3n) is 7.45. The third kappa shape index (κ3) is 4.01. The molecule has 9 nitrogen and oxygen atoms in total. The minimum atomic E-state index is -0.357. The van der Waals surface area contributed by atoms with E-state index >= 15 is 0 Å². The van der Waals surface area contributed by atoms with Crippen molar-refractivity contribution in [1.29, 1.82) is 0 Å². The van der Waals surface area contributed by atoms with Crippen LogP contribution in [0.1, 0.15) is 37.1 Å². The smallest absolute Gasteiger partial charge is 0.283 e. The second kappa shape index (κ2) is 8.70. The Kier molecular flexibility index (Phi) is 5.26. The van der Waals surface area contributed by atoms with Gasteiger partial charge in [-0.05, 0) is 60.2 Å². The van der Waals surface area contributed by atoms with Crippen LogP contribution in [-0.2, 0) is 13.6 Å². The van der Waals surface area contributed by atoms with Gasteiger partial charge in [-0.2, -0.15) is 0 Å². The quantitative estimate of drug-likeness (QED) is 0.370. The Morgan fingerprint density at radius 3 is 2.66 bits per heavy atom. The summed E-state index contributed by atoms with van der Waals surface area (Å²) >= 11 is 0. The Morgan fingerprint density at radius 1 is 1.08 bits per heavy atom. The molecule has 1 saturated carbocycles. The zero-order chi connectivity index (χ0) is 26.0. The first-order valence-corrected chi connectivity index (χ1v) is 12.9. The number of fused-ring (bicyclic) bond motifs is 1. The van der Waals surface area contributed by atoms with E-state index in [0.717, 1.165) is 55.0 Å². The van der Waals surface area contributed by atoms with Gasteiger partial charge < -0.3 is 9.55 Å². The molecule has 1 aliphatic carbocycles. The number of rotatable bonds is 6. The SMILES string of the molecule is CC1CN(Cc2cc3ncn(-c4cc(-c5ccc(F)cc5-c5nncn5C)cc(C5CC5)n4)c(=O)c3[nH]2)C1. The van der Waals surface area contributed by atoms with Crippen molar-refractivity contribution in [3.8, 4) is 28.3 Å². The molecule has 1 aromatic carbocycles. The number of hydrogen-bond donors (Lipinski definition) is 1. The molecule has 2 aliphatic rings. The van der Waals surface area contributed by atoms with Crippen LogP contribution in [0.4, 0.5) is 4.39 Å². The maximum Gasteiger partial charge on any atom is 0.283 e. The highest BCUT2D eigenvalue weighted by Gasteiger charge is 2.27. The zero-order valence-electron chi connectivity index (χ0n) is 21.2. The second-order valence-corrected chi connectivity index (χ2v) is 10.6. The van der Waals surface area contributed by atoms with Crippen LogP contribution >= 0.6 is 0 Å². The predicted octanol–water partition coefficient (Wildman–Crippen LogP) is 4.04. The molecule has 10 heteroatoms. The van der Waals surface area contributed by atoms with Gasteiger partial charge in [0.25, 0.3) is 5.56 Å². The topological polar surface area (TPSA) is 97.5 Å². The molecule has 38 heavy (non-hydrogen) atoms. The minimum Gasteiger partial charge on any atom is -0.351 e. The van der Waals surface area contributed by atoms with Gasteiger partial charge in [-0.15, -0.1) is 10.2 Å². The first-order valence-electron chi connectivity index (χ1n) is 12.9. The lowest BCUT2D eigenvalue weighted by Gasteiger charge is -2.36. The van der Waals surface area contributed by atoms with Crippen LogP contribution in [0.5, 0.6) is 0 Å². The van der Waals surface area contributed by atoms with E-state index in [1.54, 1.807) is 23.3 Å². The maximum absolute atomic E-state index is 14.3. The van der Waals surface area contributed by atoms with Gasteiger partial charge >= 0.3 is 0 Å². The summed E-state index contributed by atoms with van der Waals surface area (Å²) in [5, 5.41) is 8.18. The Balaban J connectivity index is 1.34. The molecule has 0 spiro atoms. The van der Waals surface area contributed by atoms with Crippen LogP contribution in [0.3, 0.4) is 0 Å². The largest absolute Gasteiger partial charge is 0.351 e. The first-order chi connectivity index (χ1) is 18.4. The molecule has 0 radical (unpaired) electrons. The molecular formula is C28H27FN8O. The summed E-state index contributed by atoms with van der Waals surface area (Å²) in [6, 6.07) is 10.5. The standard InChI is InChI=1S/C28H27FN8O/c1-16-11-36(12-16)13-20-10-24-26(32-20)28(38)37(14-30-24)25-8-18(7-23(33-25)17-3-4-17)21-6-5-19(29)9-22(21)27-34-31-15-35(27)2/h5-10,14-17,32H,3-4,11-13H2,1-2H3. The lowest BCUT2D eigenvalue weighted by molar-refractivity contribution is 0.103. The van der Waals surface area contributed by atoms with Gasteiger partial charge in [0.15, 0.2) is 5.82 Å². The monoisotopic (exact) mass is 510 g/mol. The summed E-state index contributed by atoms with van der Waals surface area (Å²) in [5.41, 5.74) is 5.07. The van der Waals surface area contributed by atoms with Gasteiger partial charge in [0.1, 0.15) is 29.8 Å². The number of aryl methyl sites for hydroxylation is 1. The lowest BCUT2D eigenvalue weighted by atomic mass is 9.98. The van der Waals surface area contributed by atoms with E-state index in [9.17, 15) is 9.18 Å². The van der Waals surface area contributed by atoms with Gasteiger partial charge in [0.2, 0.25) is 0 Å². The normalized spacial score (nSPS) is 16.3. The number of nitrogens with one attached hydrogen (secondary N) is 1. The Labute approximate surface area is 218 Å². The highest BCUT2D eigenvalue weighted by atomic mass is 19.1. The van der Waals surface area contributed by atoms with Crippen LogP contribution < -0.4 is 5.56 Å². The number of likely N-dealkylation sites (tertiary alicyclic amines) is 1. The van der Waals surface area contributed by atoms with Crippen LogP contribution in [-0.4, -0.2) is 52.3 Å². The number of hydrogen-bond acceptors (Lipinski definition) is 6. The number of pyridine rings is 1. The summed E-state index contributed by atoms with van der Waals surface area (Å²) in [7, 11) is 1.82. The molecule has 2 fully saturated rings. The van der Waals surface area contributed by atoms with E-state index in [0.29, 0.717) is 40.1 Å². The second-order valence-electron chi connectivity index (χ2n) is 10.6. The van der Waals surface area contributed by atoms with E-state index in [1.165, 1.54) is 16.7 Å². The van der Waals surface area contributed by atoms with E-state index in [4.69, 9.17) is 4.98 Å². The molecular weight excluding hydrogens is 483 g/mol. The van der Waals surface area contributed by atoms with Crippen molar-refractivity contribution >= 4 is 11.0 Å². The fourth-order valence-electron chi connectivity index (χ4n) is 5.39. The van der Waals surface area contributed by atoms with Gasteiger partial charge in [0.05, 0.1) is 5.52 Å². The van der Waals surface area contributed by atoms with E-state index < -0.39 is 0 Å². The van der Waals surface area contributed by atoms with Crippen LogP contribution in [0.2, 0.25) is 0 Å². The first kappa shape index (κ1) is 23.0. The molecule has 5 aromatic rings. The molecule has 0 unspecified atom stereocenters. The number of aromatic nitrogens is 7. The molecule has 4 aromatic heterocycles. The van der Waals surface area contributed by atoms with Crippen LogP contribution in [0, 0.1) is 11.7 Å². The number of nitrogens with zero attached hydrogens (tertiary/aromatic N) is 7. The van der Waals surface area contributed by atoms with Crippen molar-refractivity contribution in [2.75, 3.05) is 13.1 Å². The van der Waals surface area contributed by atoms with E-state index in [-0.39, 0.29) is 11.4 Å². The average Bonchev–Trinajstić information content (AvgIpc) is 3.52. The summed E-state index contributed by atoms with van der Waals surface area (Å²) in [4.78, 5) is 28.7. The molecule has 1 aliphatic heterocycles. The summed E-state index contributed by atoms with van der Waals surface area (Å²) in [6.45, 7) is 5.14. The van der Waals surface area contributed by atoms with Crippen molar-refractivity contribution in [3.63, 3.8) is 0 Å². The summed E-state index contributed by atoms with van der Waals surface area (Å²) in [6.07, 6.45) is 5.24. The van der Waals surface area contributed by atoms with Crippen LogP contribution in [0.15, 0.2) is 53.8 Å². The molecule has 1 saturated heterocycles. The van der Waals surface area contributed by atoms with Crippen molar-refractivity contribution in [2.24, 2.45) is 13.0 Å². The molecule has 0 bridgehead atoms. The lowest BCUT2D eigenvalue weighted by Crippen LogP contribution is -2.44. The van der Waals surface area contributed by atoms with Crippen molar-refractivity contribution in [3.05, 3.63) is 76.6 Å². The van der Waals surface area contributed by atoms with Gasteiger partial charge in [-0.1, -0.05) is 13.0 Å². The van der Waals surface area contributed by atoms with Crippen molar-refractivity contribution in [2.45, 2.75) is 32.2 Å². The number of halogens is 1.